The highest BCUT2D eigenvalue weighted by molar-refractivity contribution is 5.85. The molecule has 0 amide bonds. The molecule has 0 aliphatic rings. The van der Waals surface area contributed by atoms with E-state index < -0.39 is 11.9 Å². The van der Waals surface area contributed by atoms with Gasteiger partial charge >= 0.3 is 11.9 Å². The molecule has 132 valence electrons. The topological polar surface area (TPSA) is 64.6 Å². The third kappa shape index (κ3) is 6.86. The highest BCUT2D eigenvalue weighted by Gasteiger charge is 2.14. The van der Waals surface area contributed by atoms with E-state index in [1.807, 2.05) is 24.3 Å². The maximum Gasteiger partial charge on any atom is 0.332 e. The number of nitrogens with one attached hydrogen (secondary N) is 1. The third-order valence-corrected chi connectivity index (χ3v) is 3.27. The molecule has 0 aliphatic heterocycles. The Morgan fingerprint density at radius 3 is 2.12 bits per heavy atom. The minimum Gasteiger partial charge on any atom is -0.466 e. The van der Waals surface area contributed by atoms with E-state index in [2.05, 4.69) is 26.1 Å². The number of ether oxygens (including phenoxy) is 2. The Kier molecular flexibility index (Phi) is 7.49. The minimum absolute atomic E-state index is 0.0202. The van der Waals surface area contributed by atoms with Gasteiger partial charge in [-0.1, -0.05) is 32.9 Å². The highest BCUT2D eigenvalue weighted by atomic mass is 16.5. The van der Waals surface area contributed by atoms with Crippen molar-refractivity contribution in [2.45, 2.75) is 46.5 Å². The van der Waals surface area contributed by atoms with E-state index >= 15 is 0 Å². The van der Waals surface area contributed by atoms with Crippen molar-refractivity contribution in [3.05, 3.63) is 41.6 Å². The smallest absolute Gasteiger partial charge is 0.332 e. The fraction of sp³-hybridized carbons (Fsp3) is 0.474. The largest absolute Gasteiger partial charge is 0.466 e. The number of anilines is 1. The van der Waals surface area contributed by atoms with Crippen LogP contribution in [0.15, 0.2) is 36.0 Å². The van der Waals surface area contributed by atoms with Crippen LogP contribution >= 0.6 is 0 Å². The van der Waals surface area contributed by atoms with Gasteiger partial charge < -0.3 is 14.8 Å². The molecule has 24 heavy (non-hydrogen) atoms. The molecule has 0 radical (unpaired) electrons. The highest BCUT2D eigenvalue weighted by Crippen LogP contribution is 2.24. The van der Waals surface area contributed by atoms with E-state index in [1.165, 1.54) is 11.6 Å². The first-order valence-electron chi connectivity index (χ1n) is 8.16. The van der Waals surface area contributed by atoms with Gasteiger partial charge in [-0.15, -0.1) is 0 Å². The van der Waals surface area contributed by atoms with Crippen LogP contribution in [0, 0.1) is 0 Å². The van der Waals surface area contributed by atoms with Crippen LogP contribution in [0.3, 0.4) is 0 Å². The van der Waals surface area contributed by atoms with E-state index in [4.69, 9.17) is 9.47 Å². The zero-order chi connectivity index (χ0) is 18.2. The lowest BCUT2D eigenvalue weighted by atomic mass is 9.87. The van der Waals surface area contributed by atoms with Gasteiger partial charge in [0.25, 0.3) is 0 Å². The van der Waals surface area contributed by atoms with Crippen LogP contribution in [-0.2, 0) is 24.5 Å². The van der Waals surface area contributed by atoms with Gasteiger partial charge in [0.2, 0.25) is 0 Å². The minimum atomic E-state index is -0.490. The Morgan fingerprint density at radius 1 is 1.04 bits per heavy atom. The van der Waals surface area contributed by atoms with Crippen LogP contribution in [-0.4, -0.2) is 25.2 Å². The second-order valence-electron chi connectivity index (χ2n) is 6.36. The summed E-state index contributed by atoms with van der Waals surface area (Å²) < 4.78 is 9.85. The monoisotopic (exact) mass is 333 g/mol. The molecule has 0 aliphatic carbocycles. The summed E-state index contributed by atoms with van der Waals surface area (Å²) in [6.45, 7) is 10.5. The molecule has 1 N–H and O–H groups in total. The summed E-state index contributed by atoms with van der Waals surface area (Å²) in [5.74, 6) is -0.887. The summed E-state index contributed by atoms with van der Waals surface area (Å²) in [5.41, 5.74) is 2.50. The van der Waals surface area contributed by atoms with Gasteiger partial charge in [0.1, 0.15) is 0 Å². The first-order valence-corrected chi connectivity index (χ1v) is 8.16. The molecule has 0 bridgehead atoms. The summed E-state index contributed by atoms with van der Waals surface area (Å²) >= 11 is 0. The predicted molar refractivity (Wildman–Crippen MR) is 94.7 cm³/mol. The summed E-state index contributed by atoms with van der Waals surface area (Å²) in [4.78, 5) is 23.4. The normalized spacial score (nSPS) is 11.8. The lowest BCUT2D eigenvalue weighted by Gasteiger charge is -2.19. The Balaban J connectivity index is 2.91. The van der Waals surface area contributed by atoms with Gasteiger partial charge in [-0.3, -0.25) is 4.79 Å². The molecule has 0 saturated heterocycles. The molecule has 0 atom stereocenters. The van der Waals surface area contributed by atoms with Crippen LogP contribution in [0.2, 0.25) is 0 Å². The van der Waals surface area contributed by atoms with Crippen LogP contribution in [0.1, 0.15) is 46.6 Å². The molecule has 0 spiro atoms. The Hall–Kier alpha value is -2.30. The lowest BCUT2D eigenvalue weighted by molar-refractivity contribution is -0.142. The average Bonchev–Trinajstić information content (AvgIpc) is 2.47. The molecular formula is C19H27NO4. The standard InChI is InChI=1S/C19H27NO4/c1-6-23-17(21)12-16(13-18(22)24-7-2)20-15-10-8-14(9-11-15)19(3,4)5/h8-12,20H,6-7,13H2,1-5H3. The number of carbonyl (C=O) groups excluding carboxylic acids is 2. The van der Waals surface area contributed by atoms with Gasteiger partial charge in [-0.05, 0) is 37.0 Å². The molecule has 5 nitrogen and oxygen atoms in total. The summed E-state index contributed by atoms with van der Waals surface area (Å²) in [5, 5.41) is 3.10. The number of carbonyl (C=O) groups is 2. The second kappa shape index (κ2) is 9.11. The van der Waals surface area contributed by atoms with Gasteiger partial charge in [0.15, 0.2) is 0 Å². The van der Waals surface area contributed by atoms with E-state index in [-0.39, 0.29) is 18.4 Å². The number of hydrogen-bond acceptors (Lipinski definition) is 5. The third-order valence-electron chi connectivity index (χ3n) is 3.27. The first kappa shape index (κ1) is 19.7. The number of esters is 2. The van der Waals surface area contributed by atoms with E-state index in [0.29, 0.717) is 12.3 Å². The molecule has 1 rings (SSSR count). The van der Waals surface area contributed by atoms with Crippen LogP contribution in [0.4, 0.5) is 5.69 Å². The summed E-state index contributed by atoms with van der Waals surface area (Å²) in [6.07, 6.45) is 1.27. The van der Waals surface area contributed by atoms with Crippen molar-refractivity contribution in [1.82, 2.24) is 0 Å². The zero-order valence-electron chi connectivity index (χ0n) is 15.1. The average molecular weight is 333 g/mol. The van der Waals surface area contributed by atoms with Gasteiger partial charge in [-0.2, -0.15) is 0 Å². The van der Waals surface area contributed by atoms with Crippen LogP contribution < -0.4 is 5.32 Å². The van der Waals surface area contributed by atoms with Crippen molar-refractivity contribution in [2.24, 2.45) is 0 Å². The molecule has 5 heteroatoms. The fourth-order valence-electron chi connectivity index (χ4n) is 2.06. The SMILES string of the molecule is CCOC(=O)C=C(CC(=O)OCC)Nc1ccc(C(C)(C)C)cc1. The molecule has 0 unspecified atom stereocenters. The molecular weight excluding hydrogens is 306 g/mol. The maximum atomic E-state index is 11.7. The Morgan fingerprint density at radius 2 is 1.62 bits per heavy atom. The van der Waals surface area contributed by atoms with Gasteiger partial charge in [0, 0.05) is 17.5 Å². The second-order valence-corrected chi connectivity index (χ2v) is 6.36. The van der Waals surface area contributed by atoms with Crippen molar-refractivity contribution in [3.63, 3.8) is 0 Å². The van der Waals surface area contributed by atoms with Crippen LogP contribution in [0.25, 0.3) is 0 Å². The van der Waals surface area contributed by atoms with Crippen molar-refractivity contribution in [2.75, 3.05) is 18.5 Å². The Labute approximate surface area is 144 Å². The molecule has 0 aromatic heterocycles. The van der Waals surface area contributed by atoms with E-state index in [0.717, 1.165) is 5.69 Å². The van der Waals surface area contributed by atoms with Crippen molar-refractivity contribution in [3.8, 4) is 0 Å². The van der Waals surface area contributed by atoms with Gasteiger partial charge in [0.05, 0.1) is 19.6 Å². The number of rotatable bonds is 7. The van der Waals surface area contributed by atoms with Crippen molar-refractivity contribution in [1.29, 1.82) is 0 Å². The maximum absolute atomic E-state index is 11.7. The van der Waals surface area contributed by atoms with Gasteiger partial charge in [-0.25, -0.2) is 4.79 Å². The first-order chi connectivity index (χ1) is 11.3. The van der Waals surface area contributed by atoms with Crippen molar-refractivity contribution >= 4 is 17.6 Å². The number of benzene rings is 1. The Bertz CT molecular complexity index is 582. The van der Waals surface area contributed by atoms with E-state index in [9.17, 15) is 9.59 Å². The quantitative estimate of drug-likeness (QED) is 0.607. The summed E-state index contributed by atoms with van der Waals surface area (Å²) in [7, 11) is 0. The molecule has 0 heterocycles. The van der Waals surface area contributed by atoms with Crippen molar-refractivity contribution < 1.29 is 19.1 Å². The molecule has 0 fully saturated rings. The fourth-order valence-corrected chi connectivity index (χ4v) is 2.06. The molecule has 1 aromatic rings. The molecule has 0 saturated carbocycles. The predicted octanol–water partition coefficient (Wildman–Crippen LogP) is 3.80. The number of hydrogen-bond donors (Lipinski definition) is 1. The van der Waals surface area contributed by atoms with Crippen LogP contribution in [0.5, 0.6) is 0 Å². The molecule has 1 aromatic carbocycles. The lowest BCUT2D eigenvalue weighted by Crippen LogP contribution is -2.13. The zero-order valence-corrected chi connectivity index (χ0v) is 15.1. The van der Waals surface area contributed by atoms with E-state index in [1.54, 1.807) is 13.8 Å². The summed E-state index contributed by atoms with van der Waals surface area (Å²) in [6, 6.07) is 7.89.